The molecule has 1 aliphatic heterocycles. The van der Waals surface area contributed by atoms with Crippen LogP contribution in [0.15, 0.2) is 0 Å². The van der Waals surface area contributed by atoms with Crippen molar-refractivity contribution in [2.24, 2.45) is 5.73 Å². The molecule has 112 valence electrons. The van der Waals surface area contributed by atoms with Crippen molar-refractivity contribution in [3.63, 3.8) is 0 Å². The monoisotopic (exact) mass is 272 g/mol. The number of hydrogen-bond donors (Lipinski definition) is 2. The standard InChI is InChI=1S/C13H28N4O2/c1-16(2)7-4-9-17(13(14)18)8-3-5-12-11-15-6-10-19-12/h12,15H,3-11H2,1-2H3,(H2,14,18). The number of morpholine rings is 1. The van der Waals surface area contributed by atoms with Crippen molar-refractivity contribution in [3.05, 3.63) is 0 Å². The van der Waals surface area contributed by atoms with Crippen LogP contribution in [0.3, 0.4) is 0 Å². The molecule has 2 amide bonds. The maximum absolute atomic E-state index is 11.3. The summed E-state index contributed by atoms with van der Waals surface area (Å²) in [6.07, 6.45) is 3.16. The number of primary amides is 1. The molecule has 1 saturated heterocycles. The quantitative estimate of drug-likeness (QED) is 0.657. The van der Waals surface area contributed by atoms with Crippen LogP contribution in [0.4, 0.5) is 4.79 Å². The summed E-state index contributed by atoms with van der Waals surface area (Å²) in [5.74, 6) is 0. The van der Waals surface area contributed by atoms with Crippen LogP contribution in [0.2, 0.25) is 0 Å². The number of carbonyl (C=O) groups is 1. The largest absolute Gasteiger partial charge is 0.376 e. The van der Waals surface area contributed by atoms with E-state index in [1.807, 2.05) is 14.1 Å². The summed E-state index contributed by atoms with van der Waals surface area (Å²) in [5.41, 5.74) is 5.40. The van der Waals surface area contributed by atoms with E-state index in [2.05, 4.69) is 10.2 Å². The third kappa shape index (κ3) is 7.34. The summed E-state index contributed by atoms with van der Waals surface area (Å²) in [7, 11) is 4.06. The highest BCUT2D eigenvalue weighted by Gasteiger charge is 2.14. The fourth-order valence-electron chi connectivity index (χ4n) is 2.22. The van der Waals surface area contributed by atoms with Crippen molar-refractivity contribution in [1.82, 2.24) is 15.1 Å². The lowest BCUT2D eigenvalue weighted by molar-refractivity contribution is 0.0213. The van der Waals surface area contributed by atoms with Crippen LogP contribution >= 0.6 is 0 Å². The molecule has 0 aromatic carbocycles. The van der Waals surface area contributed by atoms with E-state index in [-0.39, 0.29) is 12.1 Å². The van der Waals surface area contributed by atoms with Crippen molar-refractivity contribution in [1.29, 1.82) is 0 Å². The number of hydrogen-bond acceptors (Lipinski definition) is 4. The van der Waals surface area contributed by atoms with E-state index in [0.717, 1.165) is 58.6 Å². The van der Waals surface area contributed by atoms with E-state index in [9.17, 15) is 4.79 Å². The van der Waals surface area contributed by atoms with Crippen molar-refractivity contribution >= 4 is 6.03 Å². The van der Waals surface area contributed by atoms with Crippen molar-refractivity contribution < 1.29 is 9.53 Å². The van der Waals surface area contributed by atoms with Crippen LogP contribution in [-0.4, -0.2) is 75.4 Å². The first-order valence-electron chi connectivity index (χ1n) is 7.11. The molecule has 6 nitrogen and oxygen atoms in total. The lowest BCUT2D eigenvalue weighted by Crippen LogP contribution is -2.40. The maximum atomic E-state index is 11.3. The number of amides is 2. The Bertz CT molecular complexity index is 255. The summed E-state index contributed by atoms with van der Waals surface area (Å²) in [6, 6.07) is -0.318. The van der Waals surface area contributed by atoms with E-state index in [1.54, 1.807) is 4.90 Å². The van der Waals surface area contributed by atoms with Gasteiger partial charge in [0.25, 0.3) is 0 Å². The van der Waals surface area contributed by atoms with Gasteiger partial charge in [-0.1, -0.05) is 0 Å². The molecule has 0 aliphatic carbocycles. The first-order chi connectivity index (χ1) is 9.09. The molecule has 1 aliphatic rings. The molecule has 1 rings (SSSR count). The summed E-state index contributed by atoms with van der Waals surface area (Å²) in [4.78, 5) is 15.2. The predicted molar refractivity (Wildman–Crippen MR) is 76.2 cm³/mol. The number of nitrogens with zero attached hydrogens (tertiary/aromatic N) is 2. The van der Waals surface area contributed by atoms with E-state index >= 15 is 0 Å². The Morgan fingerprint density at radius 1 is 1.32 bits per heavy atom. The molecule has 0 bridgehead atoms. The van der Waals surface area contributed by atoms with Gasteiger partial charge in [-0.15, -0.1) is 0 Å². The van der Waals surface area contributed by atoms with Crippen molar-refractivity contribution in [2.75, 3.05) is 53.4 Å². The van der Waals surface area contributed by atoms with E-state index < -0.39 is 0 Å². The van der Waals surface area contributed by atoms with E-state index in [1.165, 1.54) is 0 Å². The van der Waals surface area contributed by atoms with Gasteiger partial charge in [0.05, 0.1) is 12.7 Å². The molecule has 1 heterocycles. The van der Waals surface area contributed by atoms with Gasteiger partial charge in [0.2, 0.25) is 0 Å². The number of urea groups is 1. The normalized spacial score (nSPS) is 19.6. The summed E-state index contributed by atoms with van der Waals surface area (Å²) in [6.45, 7) is 5.07. The Morgan fingerprint density at radius 2 is 2.05 bits per heavy atom. The first kappa shape index (κ1) is 16.2. The molecule has 1 fully saturated rings. The van der Waals surface area contributed by atoms with Crippen LogP contribution in [-0.2, 0) is 4.74 Å². The maximum Gasteiger partial charge on any atom is 0.314 e. The smallest absolute Gasteiger partial charge is 0.314 e. The highest BCUT2D eigenvalue weighted by molar-refractivity contribution is 5.71. The lowest BCUT2D eigenvalue weighted by Gasteiger charge is -2.25. The summed E-state index contributed by atoms with van der Waals surface area (Å²) < 4.78 is 5.63. The van der Waals surface area contributed by atoms with Gasteiger partial charge >= 0.3 is 6.03 Å². The highest BCUT2D eigenvalue weighted by Crippen LogP contribution is 2.06. The molecule has 6 heteroatoms. The van der Waals surface area contributed by atoms with Gasteiger partial charge in [0.1, 0.15) is 0 Å². The Morgan fingerprint density at radius 3 is 2.63 bits per heavy atom. The minimum absolute atomic E-state index is 0.283. The third-order valence-corrected chi connectivity index (χ3v) is 3.30. The molecule has 0 spiro atoms. The second-order valence-corrected chi connectivity index (χ2v) is 5.32. The first-order valence-corrected chi connectivity index (χ1v) is 7.11. The van der Waals surface area contributed by atoms with Gasteiger partial charge in [0.15, 0.2) is 0 Å². The molecular formula is C13H28N4O2. The second kappa shape index (κ2) is 9.12. The van der Waals surface area contributed by atoms with E-state index in [4.69, 9.17) is 10.5 Å². The average Bonchev–Trinajstić information content (AvgIpc) is 2.37. The van der Waals surface area contributed by atoms with Crippen molar-refractivity contribution in [2.45, 2.75) is 25.4 Å². The Hall–Kier alpha value is -0.850. The summed E-state index contributed by atoms with van der Waals surface area (Å²) in [5, 5.41) is 3.31. The van der Waals surface area contributed by atoms with Gasteiger partial charge in [-0.25, -0.2) is 4.79 Å². The van der Waals surface area contributed by atoms with Crippen LogP contribution in [0.5, 0.6) is 0 Å². The second-order valence-electron chi connectivity index (χ2n) is 5.32. The third-order valence-electron chi connectivity index (χ3n) is 3.30. The van der Waals surface area contributed by atoms with Crippen LogP contribution in [0.25, 0.3) is 0 Å². The predicted octanol–water partition coefficient (Wildman–Crippen LogP) is 0.0874. The Labute approximate surface area is 116 Å². The Kier molecular flexibility index (Phi) is 7.78. The molecule has 0 saturated carbocycles. The Balaban J connectivity index is 2.15. The van der Waals surface area contributed by atoms with Gasteiger partial charge in [-0.3, -0.25) is 0 Å². The van der Waals surface area contributed by atoms with E-state index in [0.29, 0.717) is 0 Å². The zero-order valence-electron chi connectivity index (χ0n) is 12.2. The molecule has 0 aromatic rings. The molecular weight excluding hydrogens is 244 g/mol. The molecule has 0 aromatic heterocycles. The number of nitrogens with one attached hydrogen (secondary N) is 1. The van der Waals surface area contributed by atoms with Gasteiger partial charge in [-0.2, -0.15) is 0 Å². The zero-order chi connectivity index (χ0) is 14.1. The highest BCUT2D eigenvalue weighted by atomic mass is 16.5. The van der Waals surface area contributed by atoms with Gasteiger partial charge in [0, 0.05) is 26.2 Å². The fourth-order valence-corrected chi connectivity index (χ4v) is 2.22. The molecule has 1 unspecified atom stereocenters. The minimum Gasteiger partial charge on any atom is -0.376 e. The number of carbonyl (C=O) groups excluding carboxylic acids is 1. The topological polar surface area (TPSA) is 70.8 Å². The molecule has 19 heavy (non-hydrogen) atoms. The minimum atomic E-state index is -0.318. The molecule has 1 atom stereocenters. The average molecular weight is 272 g/mol. The lowest BCUT2D eigenvalue weighted by atomic mass is 10.1. The summed E-state index contributed by atoms with van der Waals surface area (Å²) >= 11 is 0. The number of ether oxygens (including phenoxy) is 1. The van der Waals surface area contributed by atoms with Gasteiger partial charge in [-0.05, 0) is 39.9 Å². The van der Waals surface area contributed by atoms with Gasteiger partial charge < -0.3 is 25.6 Å². The molecule has 3 N–H and O–H groups in total. The van der Waals surface area contributed by atoms with Crippen LogP contribution in [0.1, 0.15) is 19.3 Å². The fraction of sp³-hybridized carbons (Fsp3) is 0.923. The SMILES string of the molecule is CN(C)CCCN(CCCC1CNCCO1)C(N)=O. The van der Waals surface area contributed by atoms with Crippen molar-refractivity contribution in [3.8, 4) is 0 Å². The zero-order valence-corrected chi connectivity index (χ0v) is 12.2. The number of nitrogens with two attached hydrogens (primary N) is 1. The van der Waals surface area contributed by atoms with Crippen LogP contribution < -0.4 is 11.1 Å². The number of rotatable bonds is 8. The van der Waals surface area contributed by atoms with Crippen LogP contribution in [0, 0.1) is 0 Å². The molecule has 0 radical (unpaired) electrons.